The van der Waals surface area contributed by atoms with E-state index >= 15 is 0 Å². The Hall–Kier alpha value is -6.10. The largest absolute Gasteiger partial charge is 0.309 e. The monoisotopic (exact) mass is 534 g/mol. The van der Waals surface area contributed by atoms with Crippen LogP contribution in [0.15, 0.2) is 133 Å². The predicted molar refractivity (Wildman–Crippen MR) is 170 cm³/mol. The summed E-state index contributed by atoms with van der Waals surface area (Å²) in [6.07, 6.45) is 0. The molecule has 4 heteroatoms. The van der Waals surface area contributed by atoms with Gasteiger partial charge in [0.15, 0.2) is 0 Å². The standard InChI is InChI=1S/C38H22N4/c39-23-25-17-19-28(26(21-25)24-40)33-20-18-27(41-34-13-5-1-9-29(34)30-10-2-6-14-35(30)41)22-38(33)42-36-15-7-3-11-31(36)32-12-4-8-16-37(32)42/h1-22H. The van der Waals surface area contributed by atoms with Gasteiger partial charge in [0, 0.05) is 38.4 Å². The van der Waals surface area contributed by atoms with Gasteiger partial charge in [0.25, 0.3) is 0 Å². The molecule has 0 radical (unpaired) electrons. The van der Waals surface area contributed by atoms with Crippen molar-refractivity contribution in [3.8, 4) is 34.6 Å². The molecule has 42 heavy (non-hydrogen) atoms. The lowest BCUT2D eigenvalue weighted by atomic mass is 9.96. The van der Waals surface area contributed by atoms with Crippen LogP contribution in [-0.2, 0) is 0 Å². The summed E-state index contributed by atoms with van der Waals surface area (Å²) in [5.74, 6) is 0. The molecule has 6 aromatic carbocycles. The number of hydrogen-bond donors (Lipinski definition) is 0. The number of rotatable bonds is 3. The lowest BCUT2D eigenvalue weighted by Gasteiger charge is -2.18. The highest BCUT2D eigenvalue weighted by molar-refractivity contribution is 6.11. The van der Waals surface area contributed by atoms with Crippen LogP contribution in [0.4, 0.5) is 0 Å². The van der Waals surface area contributed by atoms with Gasteiger partial charge in [-0.3, -0.25) is 0 Å². The van der Waals surface area contributed by atoms with Crippen LogP contribution in [0.3, 0.4) is 0 Å². The van der Waals surface area contributed by atoms with Crippen molar-refractivity contribution in [1.82, 2.24) is 9.13 Å². The van der Waals surface area contributed by atoms with Crippen LogP contribution in [0, 0.1) is 22.7 Å². The molecule has 0 unspecified atom stereocenters. The van der Waals surface area contributed by atoms with Gasteiger partial charge < -0.3 is 9.13 Å². The van der Waals surface area contributed by atoms with E-state index in [1.165, 1.54) is 21.5 Å². The first-order chi connectivity index (χ1) is 20.8. The summed E-state index contributed by atoms with van der Waals surface area (Å²) in [6.45, 7) is 0. The van der Waals surface area contributed by atoms with E-state index < -0.39 is 0 Å². The summed E-state index contributed by atoms with van der Waals surface area (Å²) in [7, 11) is 0. The first kappa shape index (κ1) is 23.8. The quantitative estimate of drug-likeness (QED) is 0.227. The zero-order valence-electron chi connectivity index (χ0n) is 22.5. The third kappa shape index (κ3) is 3.40. The molecule has 0 bridgehead atoms. The number of nitriles is 2. The van der Waals surface area contributed by atoms with Crippen molar-refractivity contribution in [3.63, 3.8) is 0 Å². The minimum atomic E-state index is 0.468. The summed E-state index contributed by atoms with van der Waals surface area (Å²) in [4.78, 5) is 0. The van der Waals surface area contributed by atoms with E-state index in [0.717, 1.165) is 44.6 Å². The number of fused-ring (bicyclic) bond motifs is 6. The lowest BCUT2D eigenvalue weighted by molar-refractivity contribution is 1.13. The van der Waals surface area contributed by atoms with Crippen LogP contribution >= 0.6 is 0 Å². The second kappa shape index (κ2) is 9.24. The van der Waals surface area contributed by atoms with Gasteiger partial charge in [-0.05, 0) is 48.5 Å². The Morgan fingerprint density at radius 1 is 0.429 bits per heavy atom. The molecule has 0 spiro atoms. The van der Waals surface area contributed by atoms with Crippen LogP contribution in [0.25, 0.3) is 66.1 Å². The Morgan fingerprint density at radius 2 is 0.905 bits per heavy atom. The number of benzene rings is 6. The third-order valence-corrected chi connectivity index (χ3v) is 8.20. The first-order valence-corrected chi connectivity index (χ1v) is 13.8. The van der Waals surface area contributed by atoms with Crippen molar-refractivity contribution >= 4 is 43.6 Å². The normalized spacial score (nSPS) is 11.3. The van der Waals surface area contributed by atoms with Gasteiger partial charge in [-0.2, -0.15) is 10.5 Å². The number of para-hydroxylation sites is 4. The molecule has 0 saturated heterocycles. The van der Waals surface area contributed by atoms with Gasteiger partial charge in [0.2, 0.25) is 0 Å². The molecule has 8 rings (SSSR count). The van der Waals surface area contributed by atoms with E-state index in [1.807, 2.05) is 6.07 Å². The van der Waals surface area contributed by atoms with E-state index in [0.29, 0.717) is 11.1 Å². The molecule has 0 fully saturated rings. The summed E-state index contributed by atoms with van der Waals surface area (Å²) < 4.78 is 4.62. The smallest absolute Gasteiger partial charge is 0.0998 e. The topological polar surface area (TPSA) is 57.4 Å². The van der Waals surface area contributed by atoms with Crippen LogP contribution in [0.5, 0.6) is 0 Å². The van der Waals surface area contributed by atoms with Crippen LogP contribution in [0.2, 0.25) is 0 Å². The van der Waals surface area contributed by atoms with E-state index in [9.17, 15) is 10.5 Å². The van der Waals surface area contributed by atoms with Gasteiger partial charge in [-0.15, -0.1) is 0 Å². The average Bonchev–Trinajstić information content (AvgIpc) is 3.57. The highest BCUT2D eigenvalue weighted by Gasteiger charge is 2.20. The first-order valence-electron chi connectivity index (χ1n) is 13.8. The zero-order valence-corrected chi connectivity index (χ0v) is 22.5. The van der Waals surface area contributed by atoms with Gasteiger partial charge in [-0.1, -0.05) is 84.9 Å². The SMILES string of the molecule is N#Cc1ccc(-c2ccc(-n3c4ccccc4c4ccccc43)cc2-n2c3ccccc3c3ccccc32)c(C#N)c1. The van der Waals surface area contributed by atoms with E-state index in [2.05, 4.69) is 137 Å². The van der Waals surface area contributed by atoms with Gasteiger partial charge in [0.05, 0.1) is 51.0 Å². The molecule has 8 aromatic rings. The van der Waals surface area contributed by atoms with Gasteiger partial charge in [0.1, 0.15) is 0 Å². The number of hydrogen-bond acceptors (Lipinski definition) is 2. The highest BCUT2D eigenvalue weighted by Crippen LogP contribution is 2.40. The van der Waals surface area contributed by atoms with Gasteiger partial charge in [-0.25, -0.2) is 0 Å². The summed E-state index contributed by atoms with van der Waals surface area (Å²) >= 11 is 0. The third-order valence-electron chi connectivity index (χ3n) is 8.20. The maximum Gasteiger partial charge on any atom is 0.0998 e. The average molecular weight is 535 g/mol. The molecule has 2 heterocycles. The Bertz CT molecular complexity index is 2340. The fourth-order valence-electron chi connectivity index (χ4n) is 6.40. The molecular weight excluding hydrogens is 512 g/mol. The van der Waals surface area contributed by atoms with E-state index in [-0.39, 0.29) is 0 Å². The molecule has 0 amide bonds. The maximum absolute atomic E-state index is 10.1. The Labute approximate surface area is 242 Å². The highest BCUT2D eigenvalue weighted by atomic mass is 15.0. The molecular formula is C38H22N4. The Kier molecular flexibility index (Phi) is 5.22. The molecule has 0 aliphatic rings. The second-order valence-electron chi connectivity index (χ2n) is 10.4. The molecule has 194 valence electrons. The van der Waals surface area contributed by atoms with Crippen LogP contribution < -0.4 is 0 Å². The molecule has 0 aliphatic carbocycles. The predicted octanol–water partition coefficient (Wildman–Crippen LogP) is 9.29. The molecule has 2 aromatic heterocycles. The Morgan fingerprint density at radius 3 is 1.40 bits per heavy atom. The summed E-state index contributed by atoms with van der Waals surface area (Å²) in [6, 6.07) is 50.2. The summed E-state index contributed by atoms with van der Waals surface area (Å²) in [5, 5.41) is 24.4. The van der Waals surface area contributed by atoms with Crippen molar-refractivity contribution < 1.29 is 0 Å². The minimum Gasteiger partial charge on any atom is -0.309 e. The van der Waals surface area contributed by atoms with Gasteiger partial charge >= 0.3 is 0 Å². The van der Waals surface area contributed by atoms with E-state index in [4.69, 9.17) is 0 Å². The number of aromatic nitrogens is 2. The molecule has 4 nitrogen and oxygen atoms in total. The molecule has 0 saturated carbocycles. The van der Waals surface area contributed by atoms with Crippen LogP contribution in [0.1, 0.15) is 11.1 Å². The molecule has 0 aliphatic heterocycles. The van der Waals surface area contributed by atoms with Crippen LogP contribution in [-0.4, -0.2) is 9.13 Å². The van der Waals surface area contributed by atoms with Crippen molar-refractivity contribution in [2.75, 3.05) is 0 Å². The van der Waals surface area contributed by atoms with Crippen molar-refractivity contribution in [2.45, 2.75) is 0 Å². The lowest BCUT2D eigenvalue weighted by Crippen LogP contribution is -2.02. The maximum atomic E-state index is 10.1. The minimum absolute atomic E-state index is 0.468. The van der Waals surface area contributed by atoms with E-state index in [1.54, 1.807) is 12.1 Å². The molecule has 0 N–H and O–H groups in total. The second-order valence-corrected chi connectivity index (χ2v) is 10.4. The summed E-state index contributed by atoms with van der Waals surface area (Å²) in [5.41, 5.74) is 9.10. The zero-order chi connectivity index (χ0) is 28.2. The van der Waals surface area contributed by atoms with Crippen molar-refractivity contribution in [3.05, 3.63) is 145 Å². The van der Waals surface area contributed by atoms with Crippen molar-refractivity contribution in [2.24, 2.45) is 0 Å². The van der Waals surface area contributed by atoms with Crippen molar-refractivity contribution in [1.29, 1.82) is 10.5 Å². The number of nitrogens with zero attached hydrogens (tertiary/aromatic N) is 4. The fraction of sp³-hybridized carbons (Fsp3) is 0. The molecule has 0 atom stereocenters. The fourth-order valence-corrected chi connectivity index (χ4v) is 6.40. The Balaban J connectivity index is 1.52.